The number of carbonyl (C=O) groups excluding carboxylic acids is 3. The van der Waals surface area contributed by atoms with E-state index in [-0.39, 0.29) is 24.5 Å². The molecule has 0 atom stereocenters. The maximum absolute atomic E-state index is 12.5. The number of amides is 3. The smallest absolute Gasteiger partial charge is 0.409 e. The first-order chi connectivity index (χ1) is 13.6. The molecule has 148 valence electrons. The second-order valence-corrected chi connectivity index (χ2v) is 6.16. The number of anilines is 1. The van der Waals surface area contributed by atoms with Crippen molar-refractivity contribution in [3.8, 4) is 0 Å². The van der Waals surface area contributed by atoms with Crippen LogP contribution in [0.15, 0.2) is 36.8 Å². The van der Waals surface area contributed by atoms with E-state index in [4.69, 9.17) is 4.74 Å². The number of ether oxygens (including phenoxy) is 1. The number of hydrogen-bond donors (Lipinski definition) is 1. The van der Waals surface area contributed by atoms with Crippen LogP contribution in [0.3, 0.4) is 0 Å². The zero-order chi connectivity index (χ0) is 19.9. The molecular formula is C18H22N6O4. The highest BCUT2D eigenvalue weighted by Gasteiger charge is 2.25. The SMILES string of the molecule is CCOC(=O)N1CCN(C(=O)Cn2cc(NC(=O)c3ccccn3)cn2)CC1. The number of hydrogen-bond acceptors (Lipinski definition) is 6. The van der Waals surface area contributed by atoms with E-state index in [1.54, 1.807) is 47.3 Å². The minimum Gasteiger partial charge on any atom is -0.450 e. The third kappa shape index (κ3) is 4.84. The van der Waals surface area contributed by atoms with E-state index >= 15 is 0 Å². The minimum atomic E-state index is -0.352. The van der Waals surface area contributed by atoms with Crippen LogP contribution in [-0.2, 0) is 16.1 Å². The third-order valence-corrected chi connectivity index (χ3v) is 4.24. The number of piperazine rings is 1. The number of aromatic nitrogens is 3. The minimum absolute atomic E-state index is 0.0544. The van der Waals surface area contributed by atoms with Gasteiger partial charge in [-0.25, -0.2) is 4.79 Å². The summed E-state index contributed by atoms with van der Waals surface area (Å²) in [5.41, 5.74) is 0.779. The highest BCUT2D eigenvalue weighted by molar-refractivity contribution is 6.02. The average molecular weight is 386 g/mol. The number of nitrogens with zero attached hydrogens (tertiary/aromatic N) is 5. The Hall–Kier alpha value is -3.43. The molecule has 1 fully saturated rings. The molecular weight excluding hydrogens is 364 g/mol. The molecule has 1 saturated heterocycles. The highest BCUT2D eigenvalue weighted by Crippen LogP contribution is 2.09. The molecule has 3 amide bonds. The lowest BCUT2D eigenvalue weighted by atomic mass is 10.3. The molecule has 10 heteroatoms. The van der Waals surface area contributed by atoms with Crippen molar-refractivity contribution in [1.82, 2.24) is 24.6 Å². The van der Waals surface area contributed by atoms with Crippen molar-refractivity contribution < 1.29 is 19.1 Å². The largest absolute Gasteiger partial charge is 0.450 e. The lowest BCUT2D eigenvalue weighted by Gasteiger charge is -2.34. The molecule has 0 saturated carbocycles. The molecule has 1 aliphatic rings. The van der Waals surface area contributed by atoms with Gasteiger partial charge in [0, 0.05) is 38.6 Å². The topological polar surface area (TPSA) is 110 Å². The third-order valence-electron chi connectivity index (χ3n) is 4.24. The maximum atomic E-state index is 12.5. The molecule has 2 aromatic heterocycles. The Kier molecular flexibility index (Phi) is 6.20. The number of carbonyl (C=O) groups is 3. The Morgan fingerprint density at radius 2 is 1.89 bits per heavy atom. The van der Waals surface area contributed by atoms with Gasteiger partial charge >= 0.3 is 6.09 Å². The Labute approximate surface area is 162 Å². The lowest BCUT2D eigenvalue weighted by molar-refractivity contribution is -0.133. The molecule has 3 rings (SSSR count). The van der Waals surface area contributed by atoms with Crippen LogP contribution in [0.2, 0.25) is 0 Å². The van der Waals surface area contributed by atoms with E-state index in [2.05, 4.69) is 15.4 Å². The molecule has 0 aromatic carbocycles. The van der Waals surface area contributed by atoms with Crippen LogP contribution in [-0.4, -0.2) is 75.3 Å². The maximum Gasteiger partial charge on any atom is 0.409 e. The van der Waals surface area contributed by atoms with Gasteiger partial charge in [-0.1, -0.05) is 6.07 Å². The van der Waals surface area contributed by atoms with Crippen molar-refractivity contribution in [3.05, 3.63) is 42.5 Å². The van der Waals surface area contributed by atoms with Crippen molar-refractivity contribution >= 4 is 23.6 Å². The van der Waals surface area contributed by atoms with Crippen LogP contribution in [0.25, 0.3) is 0 Å². The van der Waals surface area contributed by atoms with Gasteiger partial charge in [0.2, 0.25) is 5.91 Å². The van der Waals surface area contributed by atoms with Crippen molar-refractivity contribution in [3.63, 3.8) is 0 Å². The Morgan fingerprint density at radius 1 is 1.14 bits per heavy atom. The molecule has 10 nitrogen and oxygen atoms in total. The Morgan fingerprint density at radius 3 is 2.57 bits per heavy atom. The van der Waals surface area contributed by atoms with Crippen LogP contribution in [0.1, 0.15) is 17.4 Å². The normalized spacial score (nSPS) is 13.9. The summed E-state index contributed by atoms with van der Waals surface area (Å²) in [4.78, 5) is 43.5. The Balaban J connectivity index is 1.49. The zero-order valence-corrected chi connectivity index (χ0v) is 15.6. The summed E-state index contributed by atoms with van der Waals surface area (Å²) in [6, 6.07) is 5.07. The summed E-state index contributed by atoms with van der Waals surface area (Å²) in [6.07, 6.45) is 4.26. The monoisotopic (exact) mass is 386 g/mol. The van der Waals surface area contributed by atoms with Crippen molar-refractivity contribution in [2.24, 2.45) is 0 Å². The van der Waals surface area contributed by atoms with Gasteiger partial charge in [0.05, 0.1) is 18.5 Å². The first kappa shape index (κ1) is 19.3. The predicted molar refractivity (Wildman–Crippen MR) is 99.6 cm³/mol. The molecule has 1 aliphatic heterocycles. The van der Waals surface area contributed by atoms with Gasteiger partial charge in [0.15, 0.2) is 0 Å². The summed E-state index contributed by atoms with van der Waals surface area (Å²) in [6.45, 7) is 3.92. The van der Waals surface area contributed by atoms with Gasteiger partial charge < -0.3 is 19.9 Å². The highest BCUT2D eigenvalue weighted by atomic mass is 16.6. The van der Waals surface area contributed by atoms with E-state index in [1.165, 1.54) is 10.9 Å². The molecule has 0 bridgehead atoms. The summed E-state index contributed by atoms with van der Waals surface area (Å²) in [5.74, 6) is -0.448. The molecule has 2 aromatic rings. The second-order valence-electron chi connectivity index (χ2n) is 6.16. The molecule has 0 radical (unpaired) electrons. The van der Waals surface area contributed by atoms with Gasteiger partial charge in [-0.2, -0.15) is 5.10 Å². The fourth-order valence-corrected chi connectivity index (χ4v) is 2.80. The van der Waals surface area contributed by atoms with Gasteiger partial charge in [-0.05, 0) is 19.1 Å². The second kappa shape index (κ2) is 8.98. The van der Waals surface area contributed by atoms with Crippen LogP contribution < -0.4 is 5.32 Å². The first-order valence-corrected chi connectivity index (χ1v) is 9.01. The fourth-order valence-electron chi connectivity index (χ4n) is 2.80. The van der Waals surface area contributed by atoms with Crippen LogP contribution in [0, 0.1) is 0 Å². The fraction of sp³-hybridized carbons (Fsp3) is 0.389. The molecule has 0 spiro atoms. The number of nitrogens with one attached hydrogen (secondary N) is 1. The molecule has 1 N–H and O–H groups in total. The van der Waals surface area contributed by atoms with E-state index in [0.29, 0.717) is 44.2 Å². The average Bonchev–Trinajstić information content (AvgIpc) is 3.15. The standard InChI is InChI=1S/C18H22N6O4/c1-2-28-18(27)23-9-7-22(8-10-23)16(25)13-24-12-14(11-20-24)21-17(26)15-5-3-4-6-19-15/h3-6,11-12H,2,7-10,13H2,1H3,(H,21,26). The quantitative estimate of drug-likeness (QED) is 0.815. The van der Waals surface area contributed by atoms with Crippen molar-refractivity contribution in [2.75, 3.05) is 38.1 Å². The lowest BCUT2D eigenvalue weighted by Crippen LogP contribution is -2.51. The van der Waals surface area contributed by atoms with Gasteiger partial charge in [0.1, 0.15) is 12.2 Å². The van der Waals surface area contributed by atoms with Gasteiger partial charge in [-0.3, -0.25) is 19.3 Å². The summed E-state index contributed by atoms with van der Waals surface area (Å²) < 4.78 is 6.44. The summed E-state index contributed by atoms with van der Waals surface area (Å²) >= 11 is 0. The van der Waals surface area contributed by atoms with Gasteiger partial charge in [-0.15, -0.1) is 0 Å². The van der Waals surface area contributed by atoms with Crippen molar-refractivity contribution in [2.45, 2.75) is 13.5 Å². The van der Waals surface area contributed by atoms with Crippen LogP contribution in [0.5, 0.6) is 0 Å². The molecule has 28 heavy (non-hydrogen) atoms. The van der Waals surface area contributed by atoms with Crippen molar-refractivity contribution in [1.29, 1.82) is 0 Å². The van der Waals surface area contributed by atoms with Crippen LogP contribution in [0.4, 0.5) is 10.5 Å². The van der Waals surface area contributed by atoms with E-state index in [0.717, 1.165) is 0 Å². The first-order valence-electron chi connectivity index (χ1n) is 9.01. The molecule has 0 unspecified atom stereocenters. The van der Waals surface area contributed by atoms with E-state index in [9.17, 15) is 14.4 Å². The van der Waals surface area contributed by atoms with Gasteiger partial charge in [0.25, 0.3) is 5.91 Å². The van der Waals surface area contributed by atoms with E-state index < -0.39 is 0 Å². The van der Waals surface area contributed by atoms with Crippen LogP contribution >= 0.6 is 0 Å². The number of rotatable bonds is 5. The summed E-state index contributed by atoms with van der Waals surface area (Å²) in [7, 11) is 0. The molecule has 0 aliphatic carbocycles. The molecule has 3 heterocycles. The predicted octanol–water partition coefficient (Wildman–Crippen LogP) is 0.831. The number of pyridine rings is 1. The van der Waals surface area contributed by atoms with E-state index in [1.807, 2.05) is 0 Å². The Bertz CT molecular complexity index is 830. The summed E-state index contributed by atoms with van der Waals surface area (Å²) in [5, 5.41) is 6.81. The zero-order valence-electron chi connectivity index (χ0n) is 15.6.